The third-order valence-electron chi connectivity index (χ3n) is 4.88. The molecule has 0 aliphatic rings. The summed E-state index contributed by atoms with van der Waals surface area (Å²) in [7, 11) is 1.59. The third-order valence-corrected chi connectivity index (χ3v) is 4.88. The Morgan fingerprint density at radius 1 is 1.07 bits per heavy atom. The predicted molar refractivity (Wildman–Crippen MR) is 117 cm³/mol. The fourth-order valence-corrected chi connectivity index (χ4v) is 3.41. The van der Waals surface area contributed by atoms with Gasteiger partial charge >= 0.3 is 0 Å². The zero-order valence-corrected chi connectivity index (χ0v) is 17.0. The van der Waals surface area contributed by atoms with Crippen molar-refractivity contribution < 1.29 is 14.3 Å². The highest BCUT2D eigenvalue weighted by molar-refractivity contribution is 5.92. The zero-order chi connectivity index (χ0) is 20.9. The van der Waals surface area contributed by atoms with E-state index >= 15 is 0 Å². The predicted octanol–water partition coefficient (Wildman–Crippen LogP) is 4.57. The topological polar surface area (TPSA) is 65.4 Å². The minimum Gasteiger partial charge on any atom is -0.493 e. The average molecular weight is 401 g/mol. The fourth-order valence-electron chi connectivity index (χ4n) is 3.41. The Kier molecular flexibility index (Phi) is 5.66. The summed E-state index contributed by atoms with van der Waals surface area (Å²) in [5.41, 5.74) is 3.68. The number of ether oxygens (including phenoxy) is 2. The number of carbonyl (C=O) groups excluding carboxylic acids is 1. The molecule has 30 heavy (non-hydrogen) atoms. The van der Waals surface area contributed by atoms with Crippen molar-refractivity contribution in [1.29, 1.82) is 0 Å². The van der Waals surface area contributed by atoms with Gasteiger partial charge in [0.25, 0.3) is 0 Å². The highest BCUT2D eigenvalue weighted by Gasteiger charge is 2.12. The first-order valence-electron chi connectivity index (χ1n) is 9.68. The van der Waals surface area contributed by atoms with E-state index in [-0.39, 0.29) is 12.5 Å². The normalized spacial score (nSPS) is 10.7. The maximum absolute atomic E-state index is 12.7. The van der Waals surface area contributed by atoms with Gasteiger partial charge in [-0.25, -0.2) is 0 Å². The lowest BCUT2D eigenvalue weighted by molar-refractivity contribution is -0.116. The van der Waals surface area contributed by atoms with E-state index in [2.05, 4.69) is 16.4 Å². The smallest absolute Gasteiger partial charge is 0.244 e. The Morgan fingerprint density at radius 2 is 1.93 bits per heavy atom. The van der Waals surface area contributed by atoms with Gasteiger partial charge < -0.3 is 19.4 Å². The molecule has 0 fully saturated rings. The second-order valence-corrected chi connectivity index (χ2v) is 6.99. The Morgan fingerprint density at radius 3 is 2.73 bits per heavy atom. The number of hydrogen-bond donors (Lipinski definition) is 1. The minimum absolute atomic E-state index is 0.108. The second-order valence-electron chi connectivity index (χ2n) is 6.99. The number of aryl methyl sites for hydroxylation is 1. The van der Waals surface area contributed by atoms with Crippen molar-refractivity contribution in [3.8, 4) is 11.5 Å². The summed E-state index contributed by atoms with van der Waals surface area (Å²) in [5.74, 6) is 1.05. The molecule has 0 atom stereocenters. The van der Waals surface area contributed by atoms with Crippen LogP contribution in [0.25, 0.3) is 10.9 Å². The average Bonchev–Trinajstić information content (AvgIpc) is 3.08. The molecule has 152 valence electrons. The molecule has 1 N–H and O–H groups in total. The third kappa shape index (κ3) is 4.27. The molecule has 0 unspecified atom stereocenters. The fraction of sp³-hybridized carbons (Fsp3) is 0.167. The Balaban J connectivity index is 1.48. The lowest BCUT2D eigenvalue weighted by atomic mass is 10.2. The molecule has 6 nitrogen and oxygen atoms in total. The maximum Gasteiger partial charge on any atom is 0.244 e. The molecular weight excluding hydrogens is 378 g/mol. The number of nitrogens with one attached hydrogen (secondary N) is 1. The van der Waals surface area contributed by atoms with Crippen molar-refractivity contribution in [2.24, 2.45) is 0 Å². The summed E-state index contributed by atoms with van der Waals surface area (Å²) in [4.78, 5) is 16.8. The van der Waals surface area contributed by atoms with Crippen LogP contribution in [0.1, 0.15) is 11.3 Å². The van der Waals surface area contributed by atoms with Crippen molar-refractivity contribution in [3.05, 3.63) is 84.3 Å². The standard InChI is InChI=1S/C24H23N3O3/c1-17-12-19-7-3-4-8-21(19)27(17)15-24(28)26-20-9-10-22(29-2)23(13-20)30-16-18-6-5-11-25-14-18/h3-14H,15-16H2,1-2H3,(H,26,28). The molecule has 4 aromatic rings. The van der Waals surface area contributed by atoms with Crippen molar-refractivity contribution >= 4 is 22.5 Å². The van der Waals surface area contributed by atoms with Crippen molar-refractivity contribution in [2.45, 2.75) is 20.1 Å². The lowest BCUT2D eigenvalue weighted by Crippen LogP contribution is -2.19. The van der Waals surface area contributed by atoms with E-state index in [9.17, 15) is 4.79 Å². The molecule has 0 aliphatic heterocycles. The maximum atomic E-state index is 12.7. The SMILES string of the molecule is COc1ccc(NC(=O)Cn2c(C)cc3ccccc32)cc1OCc1cccnc1. The van der Waals surface area contributed by atoms with E-state index in [1.54, 1.807) is 37.7 Å². The first kappa shape index (κ1) is 19.5. The highest BCUT2D eigenvalue weighted by Crippen LogP contribution is 2.31. The summed E-state index contributed by atoms with van der Waals surface area (Å²) in [6.45, 7) is 2.60. The number of rotatable bonds is 7. The van der Waals surface area contributed by atoms with Crippen LogP contribution < -0.4 is 14.8 Å². The molecule has 0 saturated carbocycles. The van der Waals surface area contributed by atoms with Crippen LogP contribution in [0.5, 0.6) is 11.5 Å². The minimum atomic E-state index is -0.108. The number of methoxy groups -OCH3 is 1. The molecule has 6 heteroatoms. The monoisotopic (exact) mass is 401 g/mol. The first-order chi connectivity index (χ1) is 14.6. The quantitative estimate of drug-likeness (QED) is 0.493. The highest BCUT2D eigenvalue weighted by atomic mass is 16.5. The van der Waals surface area contributed by atoms with Crippen LogP contribution in [0.3, 0.4) is 0 Å². The number of fused-ring (bicyclic) bond motifs is 1. The number of anilines is 1. The first-order valence-corrected chi connectivity index (χ1v) is 9.68. The molecule has 2 aromatic heterocycles. The number of hydrogen-bond acceptors (Lipinski definition) is 4. The van der Waals surface area contributed by atoms with Crippen molar-refractivity contribution in [3.63, 3.8) is 0 Å². The van der Waals surface area contributed by atoms with Gasteiger partial charge in [0, 0.05) is 40.9 Å². The number of para-hydroxylation sites is 1. The Bertz CT molecular complexity index is 1170. The van der Waals surface area contributed by atoms with Gasteiger partial charge in [0.15, 0.2) is 11.5 Å². The van der Waals surface area contributed by atoms with Crippen LogP contribution in [0, 0.1) is 6.92 Å². The van der Waals surface area contributed by atoms with Gasteiger partial charge in [-0.1, -0.05) is 24.3 Å². The van der Waals surface area contributed by atoms with Crippen LogP contribution in [-0.4, -0.2) is 22.6 Å². The number of aromatic nitrogens is 2. The molecule has 2 heterocycles. The van der Waals surface area contributed by atoms with Gasteiger partial charge in [-0.3, -0.25) is 9.78 Å². The van der Waals surface area contributed by atoms with E-state index in [0.29, 0.717) is 23.8 Å². The molecule has 1 amide bonds. The summed E-state index contributed by atoms with van der Waals surface area (Å²) in [6.07, 6.45) is 3.47. The Labute approximate surface area is 175 Å². The van der Waals surface area contributed by atoms with Gasteiger partial charge in [-0.15, -0.1) is 0 Å². The van der Waals surface area contributed by atoms with Crippen LogP contribution in [-0.2, 0) is 17.9 Å². The van der Waals surface area contributed by atoms with Crippen molar-refractivity contribution in [2.75, 3.05) is 12.4 Å². The van der Waals surface area contributed by atoms with Crippen molar-refractivity contribution in [1.82, 2.24) is 9.55 Å². The lowest BCUT2D eigenvalue weighted by Gasteiger charge is -2.14. The molecule has 4 rings (SSSR count). The summed E-state index contributed by atoms with van der Waals surface area (Å²) in [5, 5.41) is 4.08. The van der Waals surface area contributed by atoms with E-state index in [0.717, 1.165) is 22.2 Å². The number of benzene rings is 2. The number of carbonyl (C=O) groups is 1. The molecule has 0 aliphatic carbocycles. The van der Waals surface area contributed by atoms with Gasteiger partial charge in [0.1, 0.15) is 13.2 Å². The number of pyridine rings is 1. The molecule has 2 aromatic carbocycles. The summed E-state index contributed by atoms with van der Waals surface area (Å²) >= 11 is 0. The summed E-state index contributed by atoms with van der Waals surface area (Å²) in [6, 6.07) is 19.3. The molecule has 0 saturated heterocycles. The number of nitrogens with zero attached hydrogens (tertiary/aromatic N) is 2. The van der Waals surface area contributed by atoms with Crippen LogP contribution in [0.4, 0.5) is 5.69 Å². The largest absolute Gasteiger partial charge is 0.493 e. The molecule has 0 spiro atoms. The van der Waals surface area contributed by atoms with Crippen LogP contribution in [0.15, 0.2) is 73.1 Å². The van der Waals surface area contributed by atoms with Gasteiger partial charge in [-0.2, -0.15) is 0 Å². The van der Waals surface area contributed by atoms with Gasteiger partial charge in [0.05, 0.1) is 7.11 Å². The molecule has 0 radical (unpaired) electrons. The van der Waals surface area contributed by atoms with E-state index < -0.39 is 0 Å². The summed E-state index contributed by atoms with van der Waals surface area (Å²) < 4.78 is 13.3. The second kappa shape index (κ2) is 8.69. The van der Waals surface area contributed by atoms with Gasteiger partial charge in [-0.05, 0) is 42.6 Å². The van der Waals surface area contributed by atoms with Gasteiger partial charge in [0.2, 0.25) is 5.91 Å². The zero-order valence-electron chi connectivity index (χ0n) is 17.0. The molecule has 0 bridgehead atoms. The molecular formula is C24H23N3O3. The Hall–Kier alpha value is -3.80. The van der Waals surface area contributed by atoms with E-state index in [1.165, 1.54) is 0 Å². The van der Waals surface area contributed by atoms with Crippen LogP contribution >= 0.6 is 0 Å². The van der Waals surface area contributed by atoms with E-state index in [4.69, 9.17) is 9.47 Å². The van der Waals surface area contributed by atoms with E-state index in [1.807, 2.05) is 47.9 Å². The van der Waals surface area contributed by atoms with Crippen LogP contribution in [0.2, 0.25) is 0 Å². The number of amides is 1.